The number of rotatable bonds is 4. The summed E-state index contributed by atoms with van der Waals surface area (Å²) in [6, 6.07) is -0.0932. The molecule has 1 unspecified atom stereocenters. The van der Waals surface area contributed by atoms with Crippen LogP contribution in [0.2, 0.25) is 0 Å². The highest BCUT2D eigenvalue weighted by Gasteiger charge is 2.40. The van der Waals surface area contributed by atoms with Crippen molar-refractivity contribution in [1.29, 1.82) is 0 Å². The number of carboxylic acid groups (broad SMARTS) is 1. The van der Waals surface area contributed by atoms with E-state index in [2.05, 4.69) is 19.2 Å². The fourth-order valence-electron chi connectivity index (χ4n) is 3.57. The first kappa shape index (κ1) is 16.1. The van der Waals surface area contributed by atoms with Crippen LogP contribution in [0.3, 0.4) is 0 Å². The molecule has 1 aliphatic heterocycles. The summed E-state index contributed by atoms with van der Waals surface area (Å²) >= 11 is 0. The Morgan fingerprint density at radius 3 is 2.48 bits per heavy atom. The van der Waals surface area contributed by atoms with Crippen molar-refractivity contribution >= 4 is 12.0 Å². The van der Waals surface area contributed by atoms with Crippen molar-refractivity contribution in [1.82, 2.24) is 10.2 Å². The van der Waals surface area contributed by atoms with Gasteiger partial charge in [-0.1, -0.05) is 33.1 Å². The topological polar surface area (TPSA) is 69.6 Å². The van der Waals surface area contributed by atoms with Crippen LogP contribution in [0.15, 0.2) is 0 Å². The Hall–Kier alpha value is -1.26. The van der Waals surface area contributed by atoms with Crippen molar-refractivity contribution < 1.29 is 14.7 Å². The van der Waals surface area contributed by atoms with Gasteiger partial charge in [-0.15, -0.1) is 0 Å². The molecule has 2 aliphatic rings. The third-order valence-corrected chi connectivity index (χ3v) is 5.30. The summed E-state index contributed by atoms with van der Waals surface area (Å²) in [5, 5.41) is 12.4. The number of aliphatic carboxylic acids is 1. The van der Waals surface area contributed by atoms with E-state index in [1.54, 1.807) is 0 Å². The van der Waals surface area contributed by atoms with Crippen LogP contribution in [0.1, 0.15) is 52.4 Å². The first-order chi connectivity index (χ1) is 9.94. The SMILES string of the molecule is CC(C)C1CCN(C(=O)NCC2(C(=O)O)CCCCC2)C1. The van der Waals surface area contributed by atoms with Gasteiger partial charge in [0.15, 0.2) is 0 Å². The Morgan fingerprint density at radius 2 is 1.95 bits per heavy atom. The molecule has 5 nitrogen and oxygen atoms in total. The van der Waals surface area contributed by atoms with Crippen molar-refractivity contribution in [2.24, 2.45) is 17.3 Å². The number of carbonyl (C=O) groups excluding carboxylic acids is 1. The molecule has 0 spiro atoms. The summed E-state index contributed by atoms with van der Waals surface area (Å²) in [7, 11) is 0. The second-order valence-electron chi connectivity index (χ2n) is 7.04. The van der Waals surface area contributed by atoms with E-state index >= 15 is 0 Å². The highest BCUT2D eigenvalue weighted by atomic mass is 16.4. The summed E-state index contributed by atoms with van der Waals surface area (Å²) in [6.07, 6.45) is 5.40. The van der Waals surface area contributed by atoms with Gasteiger partial charge in [0, 0.05) is 19.6 Å². The average molecular weight is 296 g/mol. The zero-order chi connectivity index (χ0) is 15.5. The predicted octanol–water partition coefficient (Wildman–Crippen LogP) is 2.71. The molecule has 2 N–H and O–H groups in total. The molecule has 5 heteroatoms. The fraction of sp³-hybridized carbons (Fsp3) is 0.875. The lowest BCUT2D eigenvalue weighted by Crippen LogP contribution is -2.48. The van der Waals surface area contributed by atoms with Crippen LogP contribution in [-0.4, -0.2) is 41.6 Å². The van der Waals surface area contributed by atoms with Crippen molar-refractivity contribution in [3.8, 4) is 0 Å². The minimum atomic E-state index is -0.760. The first-order valence-electron chi connectivity index (χ1n) is 8.21. The van der Waals surface area contributed by atoms with E-state index in [9.17, 15) is 14.7 Å². The monoisotopic (exact) mass is 296 g/mol. The molecule has 120 valence electrons. The summed E-state index contributed by atoms with van der Waals surface area (Å²) in [4.78, 5) is 25.7. The number of hydrogen-bond donors (Lipinski definition) is 2. The number of carbonyl (C=O) groups is 2. The van der Waals surface area contributed by atoms with Crippen LogP contribution in [0.4, 0.5) is 4.79 Å². The molecule has 0 aromatic heterocycles. The number of urea groups is 1. The van der Waals surface area contributed by atoms with Crippen LogP contribution >= 0.6 is 0 Å². The zero-order valence-electron chi connectivity index (χ0n) is 13.2. The molecule has 1 saturated heterocycles. The van der Waals surface area contributed by atoms with Crippen molar-refractivity contribution in [3.63, 3.8) is 0 Å². The minimum absolute atomic E-state index is 0.0932. The second-order valence-corrected chi connectivity index (χ2v) is 7.04. The summed E-state index contributed by atoms with van der Waals surface area (Å²) in [5.74, 6) is 0.398. The lowest BCUT2D eigenvalue weighted by molar-refractivity contribution is -0.150. The van der Waals surface area contributed by atoms with Gasteiger partial charge in [-0.2, -0.15) is 0 Å². The highest BCUT2D eigenvalue weighted by molar-refractivity contribution is 5.78. The first-order valence-corrected chi connectivity index (χ1v) is 8.21. The maximum atomic E-state index is 12.2. The molecule has 0 aromatic carbocycles. The Bertz CT molecular complexity index is 389. The zero-order valence-corrected chi connectivity index (χ0v) is 13.2. The third kappa shape index (κ3) is 3.69. The van der Waals surface area contributed by atoms with E-state index in [4.69, 9.17) is 0 Å². The largest absolute Gasteiger partial charge is 0.481 e. The quantitative estimate of drug-likeness (QED) is 0.838. The summed E-state index contributed by atoms with van der Waals surface area (Å²) in [5.41, 5.74) is -0.745. The van der Waals surface area contributed by atoms with Gasteiger partial charge in [0.2, 0.25) is 0 Å². The maximum absolute atomic E-state index is 12.2. The van der Waals surface area contributed by atoms with Crippen molar-refractivity contribution in [2.45, 2.75) is 52.4 Å². The maximum Gasteiger partial charge on any atom is 0.317 e. The number of hydrogen-bond acceptors (Lipinski definition) is 2. The van der Waals surface area contributed by atoms with E-state index in [0.29, 0.717) is 24.7 Å². The van der Waals surface area contributed by atoms with Gasteiger partial charge in [-0.05, 0) is 31.1 Å². The number of carboxylic acids is 1. The van der Waals surface area contributed by atoms with E-state index in [-0.39, 0.29) is 12.6 Å². The highest BCUT2D eigenvalue weighted by Crippen LogP contribution is 2.36. The number of likely N-dealkylation sites (tertiary alicyclic amines) is 1. The molecule has 2 fully saturated rings. The van der Waals surface area contributed by atoms with Gasteiger partial charge in [-0.25, -0.2) is 4.79 Å². The number of nitrogens with one attached hydrogen (secondary N) is 1. The number of nitrogens with zero attached hydrogens (tertiary/aromatic N) is 1. The smallest absolute Gasteiger partial charge is 0.317 e. The molecule has 0 aromatic rings. The number of amides is 2. The van der Waals surface area contributed by atoms with Gasteiger partial charge >= 0.3 is 12.0 Å². The molecule has 0 radical (unpaired) electrons. The Morgan fingerprint density at radius 1 is 1.29 bits per heavy atom. The molecule has 2 amide bonds. The molecule has 1 aliphatic carbocycles. The average Bonchev–Trinajstić information content (AvgIpc) is 2.95. The van der Waals surface area contributed by atoms with Gasteiger partial charge < -0.3 is 15.3 Å². The fourth-order valence-corrected chi connectivity index (χ4v) is 3.57. The van der Waals surface area contributed by atoms with Crippen LogP contribution in [0.25, 0.3) is 0 Å². The lowest BCUT2D eigenvalue weighted by Gasteiger charge is -2.33. The Balaban J connectivity index is 1.86. The Kier molecular flexibility index (Phi) is 5.12. The second kappa shape index (κ2) is 6.67. The van der Waals surface area contributed by atoms with Crippen molar-refractivity contribution in [2.75, 3.05) is 19.6 Å². The van der Waals surface area contributed by atoms with Crippen LogP contribution in [0, 0.1) is 17.3 Å². The standard InChI is InChI=1S/C16H28N2O3/c1-12(2)13-6-9-18(10-13)15(21)17-11-16(14(19)20)7-4-3-5-8-16/h12-13H,3-11H2,1-2H3,(H,17,21)(H,19,20). The van der Waals surface area contributed by atoms with Crippen LogP contribution < -0.4 is 5.32 Å². The molecular weight excluding hydrogens is 268 g/mol. The molecule has 1 heterocycles. The van der Waals surface area contributed by atoms with Gasteiger partial charge in [-0.3, -0.25) is 4.79 Å². The molecule has 2 rings (SSSR count). The molecule has 0 bridgehead atoms. The van der Waals surface area contributed by atoms with E-state index < -0.39 is 11.4 Å². The van der Waals surface area contributed by atoms with E-state index in [1.165, 1.54) is 0 Å². The molecule has 1 saturated carbocycles. The summed E-state index contributed by atoms with van der Waals surface area (Å²) < 4.78 is 0. The van der Waals surface area contributed by atoms with Gasteiger partial charge in [0.25, 0.3) is 0 Å². The normalized spacial score (nSPS) is 25.1. The van der Waals surface area contributed by atoms with E-state index in [0.717, 1.165) is 38.8 Å². The van der Waals surface area contributed by atoms with Gasteiger partial charge in [0.1, 0.15) is 0 Å². The predicted molar refractivity (Wildman–Crippen MR) is 81.1 cm³/mol. The molecular formula is C16H28N2O3. The van der Waals surface area contributed by atoms with Crippen LogP contribution in [-0.2, 0) is 4.79 Å². The Labute approximate surface area is 127 Å². The molecule has 1 atom stereocenters. The third-order valence-electron chi connectivity index (χ3n) is 5.30. The van der Waals surface area contributed by atoms with Crippen LogP contribution in [0.5, 0.6) is 0 Å². The van der Waals surface area contributed by atoms with Gasteiger partial charge in [0.05, 0.1) is 5.41 Å². The lowest BCUT2D eigenvalue weighted by atomic mass is 9.74. The van der Waals surface area contributed by atoms with Crippen molar-refractivity contribution in [3.05, 3.63) is 0 Å². The van der Waals surface area contributed by atoms with E-state index in [1.807, 2.05) is 4.90 Å². The summed E-state index contributed by atoms with van der Waals surface area (Å²) in [6.45, 7) is 6.23. The molecule has 21 heavy (non-hydrogen) atoms. The minimum Gasteiger partial charge on any atom is -0.481 e.